The van der Waals surface area contributed by atoms with Crippen molar-refractivity contribution < 1.29 is 19.8 Å². The number of hydrogen-bond acceptors (Lipinski definition) is 4. The molecule has 0 amide bonds. The number of carbonyl (C=O) groups is 2. The lowest BCUT2D eigenvalue weighted by atomic mass is 10.3. The Kier molecular flexibility index (Phi) is 2.62. The maximum absolute atomic E-state index is 10.6. The topological polar surface area (TPSA) is 87.5 Å². The van der Waals surface area contributed by atoms with Crippen molar-refractivity contribution >= 4 is 23.3 Å². The number of nitrogens with zero attached hydrogens (tertiary/aromatic N) is 1. The molecule has 1 aromatic heterocycles. The van der Waals surface area contributed by atoms with Crippen molar-refractivity contribution in [2.24, 2.45) is 0 Å². The van der Waals surface area contributed by atoms with Crippen LogP contribution in [0, 0.1) is 0 Å². The van der Waals surface area contributed by atoms with E-state index in [0.717, 1.165) is 11.3 Å². The Bertz CT molecular complexity index is 326. The first-order valence-electron chi connectivity index (χ1n) is 3.52. The van der Waals surface area contributed by atoms with Gasteiger partial charge < -0.3 is 10.2 Å². The summed E-state index contributed by atoms with van der Waals surface area (Å²) >= 11 is 0.904. The number of aryl methyl sites for hydroxylation is 1. The molecule has 0 spiro atoms. The zero-order valence-corrected chi connectivity index (χ0v) is 7.59. The number of thiazole rings is 1. The van der Waals surface area contributed by atoms with Crippen LogP contribution in [0.2, 0.25) is 0 Å². The summed E-state index contributed by atoms with van der Waals surface area (Å²) in [5, 5.41) is 17.8. The number of carboxylic acid groups (broad SMARTS) is 2. The average Bonchev–Trinajstić information content (AvgIpc) is 2.47. The van der Waals surface area contributed by atoms with E-state index in [-0.39, 0.29) is 10.6 Å². The summed E-state index contributed by atoms with van der Waals surface area (Å²) in [6.07, 6.45) is 0.540. The molecule has 70 valence electrons. The predicted octanol–water partition coefficient (Wildman–Crippen LogP) is 1.10. The first-order valence-corrected chi connectivity index (χ1v) is 4.34. The fourth-order valence-electron chi connectivity index (χ4n) is 0.806. The van der Waals surface area contributed by atoms with Gasteiger partial charge in [-0.2, -0.15) is 0 Å². The average molecular weight is 201 g/mol. The van der Waals surface area contributed by atoms with E-state index in [4.69, 9.17) is 10.2 Å². The highest BCUT2D eigenvalue weighted by molar-refractivity contribution is 7.13. The van der Waals surface area contributed by atoms with Gasteiger partial charge in [-0.25, -0.2) is 14.6 Å². The van der Waals surface area contributed by atoms with Gasteiger partial charge in [0.1, 0.15) is 4.88 Å². The van der Waals surface area contributed by atoms with Crippen molar-refractivity contribution in [3.8, 4) is 0 Å². The van der Waals surface area contributed by atoms with E-state index in [0.29, 0.717) is 11.4 Å². The zero-order valence-electron chi connectivity index (χ0n) is 6.77. The minimum Gasteiger partial charge on any atom is -0.477 e. The highest BCUT2D eigenvalue weighted by Crippen LogP contribution is 2.18. The molecule has 0 atom stereocenters. The third-order valence-corrected chi connectivity index (χ3v) is 2.56. The molecule has 0 bridgehead atoms. The molecule has 0 radical (unpaired) electrons. The highest BCUT2D eigenvalue weighted by atomic mass is 32.1. The Morgan fingerprint density at radius 3 is 2.31 bits per heavy atom. The van der Waals surface area contributed by atoms with Gasteiger partial charge in [-0.3, -0.25) is 0 Å². The second kappa shape index (κ2) is 3.53. The Balaban J connectivity index is 3.23. The minimum atomic E-state index is -1.30. The van der Waals surface area contributed by atoms with E-state index in [1.54, 1.807) is 6.92 Å². The highest BCUT2D eigenvalue weighted by Gasteiger charge is 2.21. The van der Waals surface area contributed by atoms with E-state index in [2.05, 4.69) is 4.98 Å². The van der Waals surface area contributed by atoms with Gasteiger partial charge in [0.25, 0.3) is 0 Å². The molecule has 0 aliphatic heterocycles. The lowest BCUT2D eigenvalue weighted by molar-refractivity contribution is 0.0651. The van der Waals surface area contributed by atoms with Crippen LogP contribution < -0.4 is 0 Å². The smallest absolute Gasteiger partial charge is 0.356 e. The molecule has 5 nitrogen and oxygen atoms in total. The maximum atomic E-state index is 10.6. The van der Waals surface area contributed by atoms with E-state index >= 15 is 0 Å². The normalized spacial score (nSPS) is 9.92. The Morgan fingerprint density at radius 1 is 1.38 bits per heavy atom. The fraction of sp³-hybridized carbons (Fsp3) is 0.286. The van der Waals surface area contributed by atoms with Crippen molar-refractivity contribution in [3.63, 3.8) is 0 Å². The number of aromatic carboxylic acids is 2. The first-order chi connectivity index (χ1) is 6.06. The van der Waals surface area contributed by atoms with E-state index in [1.807, 2.05) is 0 Å². The van der Waals surface area contributed by atoms with Gasteiger partial charge in [-0.1, -0.05) is 6.92 Å². The van der Waals surface area contributed by atoms with Crippen LogP contribution in [0.3, 0.4) is 0 Å². The van der Waals surface area contributed by atoms with E-state index in [9.17, 15) is 9.59 Å². The van der Waals surface area contributed by atoms with Gasteiger partial charge in [0.05, 0.1) is 5.01 Å². The summed E-state index contributed by atoms with van der Waals surface area (Å²) in [5.41, 5.74) is -0.366. The third-order valence-electron chi connectivity index (χ3n) is 1.37. The largest absolute Gasteiger partial charge is 0.477 e. The SMILES string of the molecule is CCc1nc(C(=O)O)c(C(=O)O)s1. The molecule has 0 aliphatic rings. The maximum Gasteiger partial charge on any atom is 0.356 e. The molecule has 0 aliphatic carbocycles. The minimum absolute atomic E-state index is 0.204. The molecule has 0 unspecified atom stereocenters. The molecule has 0 saturated carbocycles. The van der Waals surface area contributed by atoms with E-state index in [1.165, 1.54) is 0 Å². The van der Waals surface area contributed by atoms with Crippen LogP contribution in [-0.2, 0) is 6.42 Å². The number of hydrogen-bond donors (Lipinski definition) is 2. The molecule has 13 heavy (non-hydrogen) atoms. The molecular weight excluding hydrogens is 194 g/mol. The second-order valence-corrected chi connectivity index (χ2v) is 3.33. The van der Waals surface area contributed by atoms with Crippen LogP contribution in [-0.4, -0.2) is 27.1 Å². The van der Waals surface area contributed by atoms with Crippen LogP contribution in [0.15, 0.2) is 0 Å². The molecule has 0 fully saturated rings. The molecule has 1 aromatic rings. The van der Waals surface area contributed by atoms with Gasteiger partial charge in [0.15, 0.2) is 5.69 Å². The molecule has 1 rings (SSSR count). The standard InChI is InChI=1S/C7H7NO4S/c1-2-3-8-4(6(9)10)5(13-3)7(11)12/h2H2,1H3,(H,9,10)(H,11,12). The first kappa shape index (κ1) is 9.66. The summed E-state index contributed by atoms with van der Waals surface area (Å²) in [7, 11) is 0. The number of aromatic nitrogens is 1. The molecule has 0 saturated heterocycles. The Hall–Kier alpha value is -1.43. The predicted molar refractivity (Wildman–Crippen MR) is 45.4 cm³/mol. The van der Waals surface area contributed by atoms with Crippen molar-refractivity contribution in [1.82, 2.24) is 4.98 Å². The van der Waals surface area contributed by atoms with Crippen molar-refractivity contribution in [2.75, 3.05) is 0 Å². The number of rotatable bonds is 3. The molecule has 6 heteroatoms. The lowest BCUT2D eigenvalue weighted by Crippen LogP contribution is -2.05. The fourth-order valence-corrected chi connectivity index (χ4v) is 1.64. The van der Waals surface area contributed by atoms with Gasteiger partial charge in [-0.05, 0) is 6.42 Å². The molecular formula is C7H7NO4S. The van der Waals surface area contributed by atoms with Gasteiger partial charge in [-0.15, -0.1) is 11.3 Å². The van der Waals surface area contributed by atoms with Gasteiger partial charge in [0, 0.05) is 0 Å². The van der Waals surface area contributed by atoms with Crippen molar-refractivity contribution in [3.05, 3.63) is 15.6 Å². The summed E-state index contributed by atoms with van der Waals surface area (Å²) in [4.78, 5) is 24.6. The summed E-state index contributed by atoms with van der Waals surface area (Å²) in [5.74, 6) is -2.54. The summed E-state index contributed by atoms with van der Waals surface area (Å²) < 4.78 is 0. The van der Waals surface area contributed by atoms with Crippen LogP contribution in [0.4, 0.5) is 0 Å². The van der Waals surface area contributed by atoms with Crippen LogP contribution in [0.1, 0.15) is 32.1 Å². The third kappa shape index (κ3) is 1.83. The Labute approximate surface area is 77.7 Å². The zero-order chi connectivity index (χ0) is 10.0. The molecule has 2 N–H and O–H groups in total. The summed E-state index contributed by atoms with van der Waals surface area (Å²) in [6, 6.07) is 0. The van der Waals surface area contributed by atoms with Crippen molar-refractivity contribution in [2.45, 2.75) is 13.3 Å². The molecule has 0 aromatic carbocycles. The van der Waals surface area contributed by atoms with Crippen LogP contribution in [0.25, 0.3) is 0 Å². The number of carboxylic acids is 2. The lowest BCUT2D eigenvalue weighted by Gasteiger charge is -1.88. The quantitative estimate of drug-likeness (QED) is 0.764. The van der Waals surface area contributed by atoms with Crippen LogP contribution >= 0.6 is 11.3 Å². The second-order valence-electron chi connectivity index (χ2n) is 2.25. The molecule has 1 heterocycles. The monoisotopic (exact) mass is 201 g/mol. The summed E-state index contributed by atoms with van der Waals surface area (Å²) in [6.45, 7) is 1.79. The Morgan fingerprint density at radius 2 is 2.00 bits per heavy atom. The van der Waals surface area contributed by atoms with Gasteiger partial charge in [0.2, 0.25) is 0 Å². The van der Waals surface area contributed by atoms with E-state index < -0.39 is 11.9 Å². The van der Waals surface area contributed by atoms with Crippen LogP contribution in [0.5, 0.6) is 0 Å². The van der Waals surface area contributed by atoms with Gasteiger partial charge >= 0.3 is 11.9 Å². The van der Waals surface area contributed by atoms with Crippen molar-refractivity contribution in [1.29, 1.82) is 0 Å².